The van der Waals surface area contributed by atoms with E-state index in [2.05, 4.69) is 6.92 Å². The summed E-state index contributed by atoms with van der Waals surface area (Å²) in [6.07, 6.45) is 4.01. The molecular weight excluding hydrogens is 339 g/mol. The smallest absolute Gasteiger partial charge is 0.313 e. The van der Waals surface area contributed by atoms with Crippen molar-refractivity contribution in [2.75, 3.05) is 12.8 Å². The first-order valence-electron chi connectivity index (χ1n) is 8.96. The fourth-order valence-corrected chi connectivity index (χ4v) is 5.28. The Bertz CT molecular complexity index is 585. The lowest BCUT2D eigenvalue weighted by Gasteiger charge is -2.26. The Morgan fingerprint density at radius 1 is 1.12 bits per heavy atom. The van der Waals surface area contributed by atoms with E-state index in [1.807, 2.05) is 6.07 Å². The molecule has 0 aliphatic carbocycles. The molecule has 0 saturated carbocycles. The molecule has 2 atom stereocenters. The summed E-state index contributed by atoms with van der Waals surface area (Å²) >= 11 is 0. The molecule has 25 heavy (non-hydrogen) atoms. The number of Topliss-reactive ketones (excluding diaryl/α,β-unsaturated/α-hetero) is 1. The van der Waals surface area contributed by atoms with Gasteiger partial charge in [0.1, 0.15) is 6.16 Å². The Hall–Kier alpha value is -1.45. The van der Waals surface area contributed by atoms with E-state index in [1.165, 1.54) is 0 Å². The van der Waals surface area contributed by atoms with Crippen LogP contribution in [-0.2, 0) is 13.9 Å². The number of benzene rings is 1. The van der Waals surface area contributed by atoms with Crippen molar-refractivity contribution in [1.82, 2.24) is 0 Å². The van der Waals surface area contributed by atoms with Crippen molar-refractivity contribution in [3.63, 3.8) is 0 Å². The van der Waals surface area contributed by atoms with Gasteiger partial charge in [-0.15, -0.1) is 0 Å². The second-order valence-electron chi connectivity index (χ2n) is 6.19. The highest BCUT2D eigenvalue weighted by Gasteiger charge is 2.37. The van der Waals surface area contributed by atoms with Crippen molar-refractivity contribution in [2.45, 2.75) is 58.0 Å². The molecule has 1 N–H and O–H groups in total. The molecule has 5 nitrogen and oxygen atoms in total. The van der Waals surface area contributed by atoms with Gasteiger partial charge in [-0.05, 0) is 13.3 Å². The largest absolute Gasteiger partial charge is 0.481 e. The average molecular weight is 368 g/mol. The molecule has 0 amide bonds. The Labute approximate surface area is 150 Å². The normalized spacial score (nSPS) is 14.6. The molecule has 0 bridgehead atoms. The third-order valence-electron chi connectivity index (χ3n) is 4.17. The number of carboxylic acid groups (broad SMARTS) is 1. The molecular formula is C19H29O5P. The maximum absolute atomic E-state index is 13.2. The van der Waals surface area contributed by atoms with Crippen LogP contribution in [0.15, 0.2) is 30.3 Å². The fraction of sp³-hybridized carbons (Fsp3) is 0.579. The van der Waals surface area contributed by atoms with E-state index < -0.39 is 25.2 Å². The van der Waals surface area contributed by atoms with Gasteiger partial charge in [-0.25, -0.2) is 0 Å². The van der Waals surface area contributed by atoms with Gasteiger partial charge in [0.15, 0.2) is 5.78 Å². The van der Waals surface area contributed by atoms with Crippen LogP contribution in [0.5, 0.6) is 0 Å². The molecule has 140 valence electrons. The number of carboxylic acids is 1. The third-order valence-corrected chi connectivity index (χ3v) is 7.13. The van der Waals surface area contributed by atoms with Crippen LogP contribution in [0, 0.1) is 0 Å². The summed E-state index contributed by atoms with van der Waals surface area (Å²) in [5.41, 5.74) is 0.00699. The molecule has 6 heteroatoms. The van der Waals surface area contributed by atoms with E-state index in [-0.39, 0.29) is 18.8 Å². The van der Waals surface area contributed by atoms with Crippen LogP contribution in [0.1, 0.15) is 62.7 Å². The van der Waals surface area contributed by atoms with Crippen molar-refractivity contribution < 1.29 is 23.8 Å². The van der Waals surface area contributed by atoms with Gasteiger partial charge in [-0.3, -0.25) is 14.2 Å². The maximum Gasteiger partial charge on any atom is 0.313 e. The lowest BCUT2D eigenvalue weighted by Crippen LogP contribution is -2.21. The Balaban J connectivity index is 2.94. The summed E-state index contributed by atoms with van der Waals surface area (Å²) in [4.78, 5) is 23.7. The van der Waals surface area contributed by atoms with E-state index in [4.69, 9.17) is 9.63 Å². The number of unbranched alkanes of at least 4 members (excludes halogenated alkanes) is 3. The van der Waals surface area contributed by atoms with Crippen molar-refractivity contribution in [2.24, 2.45) is 0 Å². The topological polar surface area (TPSA) is 80.7 Å². The van der Waals surface area contributed by atoms with Crippen LogP contribution in [0.25, 0.3) is 0 Å². The second kappa shape index (κ2) is 11.2. The number of ketones is 1. The fourth-order valence-electron chi connectivity index (χ4n) is 2.89. The highest BCUT2D eigenvalue weighted by molar-refractivity contribution is 7.60. The molecule has 0 fully saturated rings. The van der Waals surface area contributed by atoms with Gasteiger partial charge in [-0.1, -0.05) is 62.9 Å². The van der Waals surface area contributed by atoms with E-state index >= 15 is 0 Å². The molecule has 0 spiro atoms. The summed E-state index contributed by atoms with van der Waals surface area (Å²) < 4.78 is 18.6. The summed E-state index contributed by atoms with van der Waals surface area (Å²) in [5.74, 6) is -1.27. The molecule has 1 rings (SSSR count). The van der Waals surface area contributed by atoms with Crippen LogP contribution >= 0.6 is 7.37 Å². The SMILES string of the molecule is CCCCCCC(CC(=O)c1ccccc1)P(=O)(CC(=O)O)OCC. The number of rotatable bonds is 13. The number of aliphatic carboxylic acids is 1. The predicted molar refractivity (Wildman–Crippen MR) is 99.7 cm³/mol. The molecule has 0 aromatic heterocycles. The average Bonchev–Trinajstić information content (AvgIpc) is 2.57. The van der Waals surface area contributed by atoms with Gasteiger partial charge in [0.2, 0.25) is 7.37 Å². The quantitative estimate of drug-likeness (QED) is 0.301. The molecule has 0 aliphatic rings. The molecule has 2 unspecified atom stereocenters. The van der Waals surface area contributed by atoms with E-state index in [9.17, 15) is 14.2 Å². The summed E-state index contributed by atoms with van der Waals surface area (Å²) in [7, 11) is -3.43. The van der Waals surface area contributed by atoms with Gasteiger partial charge < -0.3 is 9.63 Å². The van der Waals surface area contributed by atoms with Crippen LogP contribution < -0.4 is 0 Å². The van der Waals surface area contributed by atoms with Crippen molar-refractivity contribution in [3.05, 3.63) is 35.9 Å². The van der Waals surface area contributed by atoms with E-state index in [0.29, 0.717) is 12.0 Å². The minimum Gasteiger partial charge on any atom is -0.481 e. The van der Waals surface area contributed by atoms with Crippen molar-refractivity contribution in [1.29, 1.82) is 0 Å². The molecule has 0 heterocycles. The first-order valence-corrected chi connectivity index (χ1v) is 10.8. The van der Waals surface area contributed by atoms with Gasteiger partial charge >= 0.3 is 5.97 Å². The molecule has 0 saturated heterocycles. The summed E-state index contributed by atoms with van der Waals surface area (Å²) in [6, 6.07) is 8.83. The van der Waals surface area contributed by atoms with Gasteiger partial charge in [0, 0.05) is 17.6 Å². The Morgan fingerprint density at radius 2 is 1.80 bits per heavy atom. The van der Waals surface area contributed by atoms with Gasteiger partial charge in [0.05, 0.1) is 6.61 Å². The monoisotopic (exact) mass is 368 g/mol. The van der Waals surface area contributed by atoms with Crippen LogP contribution in [0.4, 0.5) is 0 Å². The number of hydrogen-bond donors (Lipinski definition) is 1. The number of carbonyl (C=O) groups excluding carboxylic acids is 1. The lowest BCUT2D eigenvalue weighted by atomic mass is 10.0. The number of hydrogen-bond acceptors (Lipinski definition) is 4. The second-order valence-corrected chi connectivity index (χ2v) is 8.95. The maximum atomic E-state index is 13.2. The minimum absolute atomic E-state index is 0.0562. The highest BCUT2D eigenvalue weighted by atomic mass is 31.2. The van der Waals surface area contributed by atoms with E-state index in [1.54, 1.807) is 31.2 Å². The lowest BCUT2D eigenvalue weighted by molar-refractivity contribution is -0.134. The zero-order valence-electron chi connectivity index (χ0n) is 15.1. The van der Waals surface area contributed by atoms with E-state index in [0.717, 1.165) is 25.7 Å². The highest BCUT2D eigenvalue weighted by Crippen LogP contribution is 2.55. The summed E-state index contributed by atoms with van der Waals surface area (Å²) in [6.45, 7) is 3.98. The first kappa shape index (κ1) is 21.6. The Morgan fingerprint density at radius 3 is 2.36 bits per heavy atom. The molecule has 1 aromatic carbocycles. The zero-order valence-corrected chi connectivity index (χ0v) is 16.0. The Kier molecular flexibility index (Phi) is 9.69. The molecule has 0 radical (unpaired) electrons. The van der Waals surface area contributed by atoms with Gasteiger partial charge in [-0.2, -0.15) is 0 Å². The van der Waals surface area contributed by atoms with Gasteiger partial charge in [0.25, 0.3) is 0 Å². The molecule has 0 aliphatic heterocycles. The van der Waals surface area contributed by atoms with Crippen molar-refractivity contribution >= 4 is 19.1 Å². The van der Waals surface area contributed by atoms with Crippen LogP contribution in [0.3, 0.4) is 0 Å². The van der Waals surface area contributed by atoms with Crippen molar-refractivity contribution in [3.8, 4) is 0 Å². The summed E-state index contributed by atoms with van der Waals surface area (Å²) in [5, 5.41) is 9.15. The number of carbonyl (C=O) groups is 2. The predicted octanol–water partition coefficient (Wildman–Crippen LogP) is 5.00. The third kappa shape index (κ3) is 7.54. The molecule has 1 aromatic rings. The zero-order chi connectivity index (χ0) is 18.7. The standard InChI is InChI=1S/C19H29O5P/c1-3-5-6-10-13-17(25(23,24-4-2)15-19(21)22)14-18(20)16-11-8-7-9-12-16/h7-9,11-12,17H,3-6,10,13-15H2,1-2H3,(H,21,22). The first-order chi connectivity index (χ1) is 11.9. The van der Waals surface area contributed by atoms with Crippen LogP contribution in [0.2, 0.25) is 0 Å². The van der Waals surface area contributed by atoms with Crippen LogP contribution in [-0.4, -0.2) is 35.3 Å². The minimum atomic E-state index is -3.43.